The van der Waals surface area contributed by atoms with E-state index in [1.54, 1.807) is 17.7 Å². The highest BCUT2D eigenvalue weighted by atomic mass is 35.5. The second-order valence-electron chi connectivity index (χ2n) is 4.10. The van der Waals surface area contributed by atoms with Crippen molar-refractivity contribution in [3.8, 4) is 0 Å². The molecule has 0 aromatic carbocycles. The van der Waals surface area contributed by atoms with E-state index in [2.05, 4.69) is 9.71 Å². The van der Waals surface area contributed by atoms with Crippen molar-refractivity contribution in [3.63, 3.8) is 0 Å². The van der Waals surface area contributed by atoms with Gasteiger partial charge in [0.2, 0.25) is 0 Å². The third-order valence-electron chi connectivity index (χ3n) is 2.61. The lowest BCUT2D eigenvalue weighted by atomic mass is 10.3. The smallest absolute Gasteiger partial charge is 0.259 e. The van der Waals surface area contributed by atoms with Gasteiger partial charge in [-0.2, -0.15) is 0 Å². The molecule has 9 heteroatoms. The van der Waals surface area contributed by atoms with E-state index in [1.165, 1.54) is 31.0 Å². The molecule has 2 rings (SSSR count). The number of aryl methyl sites for hydroxylation is 1. The third kappa shape index (κ3) is 3.58. The van der Waals surface area contributed by atoms with Crippen LogP contribution in [0.15, 0.2) is 29.7 Å². The Balaban J connectivity index is 2.06. The predicted octanol–water partition coefficient (Wildman–Crippen LogP) is 1.80. The first-order valence-corrected chi connectivity index (χ1v) is 8.36. The summed E-state index contributed by atoms with van der Waals surface area (Å²) in [4.78, 5) is 4.68. The van der Waals surface area contributed by atoms with Gasteiger partial charge in [-0.05, 0) is 12.1 Å². The molecule has 1 N–H and O–H groups in total. The van der Waals surface area contributed by atoms with Crippen LogP contribution >= 0.6 is 22.9 Å². The fraction of sp³-hybridized carbons (Fsp3) is 0.364. The molecule has 0 aliphatic rings. The van der Waals surface area contributed by atoms with Gasteiger partial charge in [0.05, 0.1) is 10.7 Å². The van der Waals surface area contributed by atoms with Crippen LogP contribution in [0.3, 0.4) is 0 Å². The van der Waals surface area contributed by atoms with Crippen LogP contribution in [-0.4, -0.2) is 31.6 Å². The van der Waals surface area contributed by atoms with Crippen molar-refractivity contribution in [1.82, 2.24) is 14.3 Å². The highest BCUT2D eigenvalue weighted by Gasteiger charge is 2.20. The maximum absolute atomic E-state index is 12.0. The number of methoxy groups -OCH3 is 1. The van der Waals surface area contributed by atoms with Crippen LogP contribution in [0, 0.1) is 0 Å². The average Bonchev–Trinajstić information content (AvgIpc) is 2.99. The lowest BCUT2D eigenvalue weighted by molar-refractivity contribution is 0.110. The van der Waals surface area contributed by atoms with E-state index in [0.29, 0.717) is 4.34 Å². The van der Waals surface area contributed by atoms with Crippen LogP contribution in [0.2, 0.25) is 4.34 Å². The van der Waals surface area contributed by atoms with Gasteiger partial charge in [-0.25, -0.2) is 18.1 Å². The summed E-state index contributed by atoms with van der Waals surface area (Å²) < 4.78 is 34.0. The maximum Gasteiger partial charge on any atom is 0.259 e. The number of hydrogen-bond donors (Lipinski definition) is 1. The first-order chi connectivity index (χ1) is 9.42. The van der Waals surface area contributed by atoms with Crippen molar-refractivity contribution in [3.05, 3.63) is 33.9 Å². The number of sulfonamides is 1. The van der Waals surface area contributed by atoms with Crippen molar-refractivity contribution in [2.75, 3.05) is 13.7 Å². The summed E-state index contributed by atoms with van der Waals surface area (Å²) in [7, 11) is -0.409. The Morgan fingerprint density at radius 1 is 1.55 bits per heavy atom. The molecule has 0 unspecified atom stereocenters. The molecule has 0 bridgehead atoms. The van der Waals surface area contributed by atoms with Crippen LogP contribution in [0.5, 0.6) is 0 Å². The fourth-order valence-electron chi connectivity index (χ4n) is 1.59. The normalized spacial score (nSPS) is 13.6. The van der Waals surface area contributed by atoms with Gasteiger partial charge in [-0.15, -0.1) is 11.3 Å². The number of imidazole rings is 1. The Kier molecular flexibility index (Phi) is 4.82. The molecular formula is C11H14ClN3O3S2. The van der Waals surface area contributed by atoms with Crippen molar-refractivity contribution < 1.29 is 13.2 Å². The van der Waals surface area contributed by atoms with E-state index in [0.717, 1.165) is 4.88 Å². The summed E-state index contributed by atoms with van der Waals surface area (Å²) >= 11 is 7.22. The van der Waals surface area contributed by atoms with Crippen molar-refractivity contribution in [2.24, 2.45) is 7.05 Å². The van der Waals surface area contributed by atoms with Gasteiger partial charge in [-0.1, -0.05) is 11.6 Å². The van der Waals surface area contributed by atoms with E-state index < -0.39 is 10.0 Å². The van der Waals surface area contributed by atoms with Gasteiger partial charge in [0.25, 0.3) is 10.0 Å². The molecule has 0 spiro atoms. The topological polar surface area (TPSA) is 73.2 Å². The number of nitrogens with one attached hydrogen (secondary N) is 1. The minimum atomic E-state index is -3.64. The first-order valence-electron chi connectivity index (χ1n) is 5.68. The number of thiophene rings is 1. The lowest BCUT2D eigenvalue weighted by Gasteiger charge is -2.14. The second-order valence-corrected chi connectivity index (χ2v) is 7.56. The second kappa shape index (κ2) is 6.23. The predicted molar refractivity (Wildman–Crippen MR) is 77.5 cm³/mol. The Labute approximate surface area is 126 Å². The molecule has 0 saturated carbocycles. The van der Waals surface area contributed by atoms with E-state index in [1.807, 2.05) is 6.07 Å². The third-order valence-corrected chi connectivity index (χ3v) is 5.24. The van der Waals surface area contributed by atoms with Crippen molar-refractivity contribution >= 4 is 33.0 Å². The van der Waals surface area contributed by atoms with Crippen LogP contribution in [0.4, 0.5) is 0 Å². The van der Waals surface area contributed by atoms with Gasteiger partial charge in [0, 0.05) is 31.8 Å². The number of hydrogen-bond acceptors (Lipinski definition) is 5. The average molecular weight is 336 g/mol. The van der Waals surface area contributed by atoms with Gasteiger partial charge >= 0.3 is 0 Å². The zero-order valence-electron chi connectivity index (χ0n) is 10.9. The molecular weight excluding hydrogens is 322 g/mol. The Morgan fingerprint density at radius 2 is 2.30 bits per heavy atom. The summed E-state index contributed by atoms with van der Waals surface area (Å²) in [5.74, 6) is 0. The molecule has 2 aromatic rings. The van der Waals surface area contributed by atoms with Crippen LogP contribution in [0.1, 0.15) is 11.0 Å². The van der Waals surface area contributed by atoms with Gasteiger partial charge in [0.15, 0.2) is 5.03 Å². The first kappa shape index (κ1) is 15.5. The van der Waals surface area contributed by atoms with Gasteiger partial charge in [-0.3, -0.25) is 0 Å². The number of aromatic nitrogens is 2. The minimum absolute atomic E-state index is 0.0148. The van der Waals surface area contributed by atoms with E-state index >= 15 is 0 Å². The zero-order chi connectivity index (χ0) is 14.8. The minimum Gasteiger partial charge on any atom is -0.375 e. The molecule has 0 aliphatic heterocycles. The summed E-state index contributed by atoms with van der Waals surface area (Å²) in [5.41, 5.74) is 0. The number of ether oxygens (including phenoxy) is 1. The fourth-order valence-corrected chi connectivity index (χ4v) is 3.74. The molecule has 1 atom stereocenters. The summed E-state index contributed by atoms with van der Waals surface area (Å²) in [6.45, 7) is 0.117. The Hall–Kier alpha value is -0.930. The molecule has 0 radical (unpaired) electrons. The molecule has 2 heterocycles. The molecule has 0 aliphatic carbocycles. The molecule has 20 heavy (non-hydrogen) atoms. The molecule has 2 aromatic heterocycles. The quantitative estimate of drug-likeness (QED) is 0.873. The SMILES string of the molecule is CO[C@H](CNS(=O)(=O)c1cn(C)cn1)c1ccc(Cl)s1. The maximum atomic E-state index is 12.0. The largest absolute Gasteiger partial charge is 0.375 e. The molecule has 6 nitrogen and oxygen atoms in total. The van der Waals surface area contributed by atoms with Crippen LogP contribution in [-0.2, 0) is 21.8 Å². The lowest BCUT2D eigenvalue weighted by Crippen LogP contribution is -2.29. The molecule has 0 fully saturated rings. The summed E-state index contributed by atoms with van der Waals surface area (Å²) in [6.07, 6.45) is 2.49. The van der Waals surface area contributed by atoms with Crippen molar-refractivity contribution in [1.29, 1.82) is 0 Å². The van der Waals surface area contributed by atoms with Gasteiger partial charge in [0.1, 0.15) is 6.10 Å². The number of rotatable bonds is 6. The van der Waals surface area contributed by atoms with Crippen molar-refractivity contribution in [2.45, 2.75) is 11.1 Å². The molecule has 0 saturated heterocycles. The van der Waals surface area contributed by atoms with E-state index in [4.69, 9.17) is 16.3 Å². The summed E-state index contributed by atoms with van der Waals surface area (Å²) in [5, 5.41) is -0.0148. The van der Waals surface area contributed by atoms with Crippen LogP contribution in [0.25, 0.3) is 0 Å². The highest BCUT2D eigenvalue weighted by molar-refractivity contribution is 7.89. The summed E-state index contributed by atoms with van der Waals surface area (Å²) in [6, 6.07) is 3.57. The number of halogens is 1. The molecule has 110 valence electrons. The highest BCUT2D eigenvalue weighted by Crippen LogP contribution is 2.28. The van der Waals surface area contributed by atoms with Gasteiger partial charge < -0.3 is 9.30 Å². The van der Waals surface area contributed by atoms with E-state index in [9.17, 15) is 8.42 Å². The van der Waals surface area contributed by atoms with Crippen LogP contribution < -0.4 is 4.72 Å². The Bertz CT molecular complexity index is 681. The monoisotopic (exact) mass is 335 g/mol. The Morgan fingerprint density at radius 3 is 2.80 bits per heavy atom. The van der Waals surface area contributed by atoms with E-state index in [-0.39, 0.29) is 17.7 Å². The standard InChI is InChI=1S/C11H14ClN3O3S2/c1-15-6-11(13-7-15)20(16,17)14-5-8(18-2)9-3-4-10(12)19-9/h3-4,6-8,14H,5H2,1-2H3/t8-/m1/s1. The number of nitrogens with zero attached hydrogens (tertiary/aromatic N) is 2. The molecule has 0 amide bonds. The zero-order valence-corrected chi connectivity index (χ0v) is 13.3.